The Labute approximate surface area is 125 Å². The van der Waals surface area contributed by atoms with Crippen molar-refractivity contribution in [1.29, 1.82) is 0 Å². The summed E-state index contributed by atoms with van der Waals surface area (Å²) >= 11 is 0. The molecule has 0 unspecified atom stereocenters. The van der Waals surface area contributed by atoms with Crippen molar-refractivity contribution in [3.8, 4) is 0 Å². The summed E-state index contributed by atoms with van der Waals surface area (Å²) in [6, 6.07) is 5.79. The molecule has 1 aromatic carbocycles. The average molecular weight is 311 g/mol. The molecule has 1 aliphatic rings. The number of amides is 1. The van der Waals surface area contributed by atoms with Gasteiger partial charge in [-0.1, -0.05) is 0 Å². The van der Waals surface area contributed by atoms with Gasteiger partial charge < -0.3 is 10.6 Å². The molecular weight excluding hydrogens is 290 g/mol. The molecule has 6 nitrogen and oxygen atoms in total. The van der Waals surface area contributed by atoms with Gasteiger partial charge in [-0.2, -0.15) is 0 Å². The molecule has 3 N–H and O–H groups in total. The number of rotatable bonds is 6. The fourth-order valence-corrected chi connectivity index (χ4v) is 3.25. The van der Waals surface area contributed by atoms with Gasteiger partial charge in [-0.15, -0.1) is 0 Å². The van der Waals surface area contributed by atoms with E-state index in [4.69, 9.17) is 0 Å². The van der Waals surface area contributed by atoms with Crippen molar-refractivity contribution in [2.75, 3.05) is 19.6 Å². The van der Waals surface area contributed by atoms with E-state index in [-0.39, 0.29) is 16.8 Å². The van der Waals surface area contributed by atoms with Crippen LogP contribution in [-0.4, -0.2) is 40.0 Å². The van der Waals surface area contributed by atoms with Crippen molar-refractivity contribution in [2.24, 2.45) is 5.92 Å². The Balaban J connectivity index is 1.99. The Morgan fingerprint density at radius 2 is 1.90 bits per heavy atom. The Bertz CT molecular complexity index is 592. The van der Waals surface area contributed by atoms with E-state index >= 15 is 0 Å². The molecule has 1 fully saturated rings. The zero-order valence-corrected chi connectivity index (χ0v) is 13.0. The van der Waals surface area contributed by atoms with Crippen LogP contribution in [0.15, 0.2) is 29.2 Å². The maximum atomic E-state index is 12.0. The summed E-state index contributed by atoms with van der Waals surface area (Å²) < 4.78 is 26.4. The number of benzene rings is 1. The molecule has 7 heteroatoms. The van der Waals surface area contributed by atoms with Gasteiger partial charge in [-0.05, 0) is 38.1 Å². The van der Waals surface area contributed by atoms with Gasteiger partial charge in [0.15, 0.2) is 0 Å². The highest BCUT2D eigenvalue weighted by Gasteiger charge is 2.18. The van der Waals surface area contributed by atoms with Crippen LogP contribution >= 0.6 is 0 Å². The minimum atomic E-state index is -3.51. The van der Waals surface area contributed by atoms with Gasteiger partial charge in [0.1, 0.15) is 0 Å². The third-order valence-corrected chi connectivity index (χ3v) is 4.91. The van der Waals surface area contributed by atoms with Crippen LogP contribution in [0.5, 0.6) is 0 Å². The van der Waals surface area contributed by atoms with Crippen LogP contribution < -0.4 is 15.4 Å². The summed E-state index contributed by atoms with van der Waals surface area (Å²) in [5, 5.41) is 5.99. The summed E-state index contributed by atoms with van der Waals surface area (Å²) in [5.41, 5.74) is 0.464. The summed E-state index contributed by atoms with van der Waals surface area (Å²) in [4.78, 5) is 12.1. The monoisotopic (exact) mass is 311 g/mol. The number of hydrogen-bond donors (Lipinski definition) is 3. The lowest BCUT2D eigenvalue weighted by Crippen LogP contribution is -2.48. The molecule has 1 aliphatic heterocycles. The topological polar surface area (TPSA) is 87.3 Å². The quantitative estimate of drug-likeness (QED) is 0.706. The van der Waals surface area contributed by atoms with Crippen LogP contribution in [0, 0.1) is 5.92 Å². The van der Waals surface area contributed by atoms with Gasteiger partial charge >= 0.3 is 0 Å². The first-order chi connectivity index (χ1) is 9.88. The maximum Gasteiger partial charge on any atom is 0.251 e. The van der Waals surface area contributed by atoms with Crippen molar-refractivity contribution in [3.05, 3.63) is 29.8 Å². The van der Waals surface area contributed by atoms with Crippen LogP contribution in [0.2, 0.25) is 0 Å². The molecule has 2 rings (SSSR count). The zero-order valence-electron chi connectivity index (χ0n) is 12.2. The van der Waals surface area contributed by atoms with Gasteiger partial charge in [0.2, 0.25) is 10.0 Å². The summed E-state index contributed by atoms with van der Waals surface area (Å²) in [6.45, 7) is 6.01. The Kier molecular flexibility index (Phi) is 4.97. The smallest absolute Gasteiger partial charge is 0.251 e. The first-order valence-electron chi connectivity index (χ1n) is 7.00. The van der Waals surface area contributed by atoms with Crippen LogP contribution in [0.3, 0.4) is 0 Å². The zero-order chi connectivity index (χ0) is 15.5. The molecule has 0 spiro atoms. The van der Waals surface area contributed by atoms with Crippen molar-refractivity contribution < 1.29 is 13.2 Å². The minimum Gasteiger partial charge on any atom is -0.352 e. The third kappa shape index (κ3) is 4.26. The van der Waals surface area contributed by atoms with Gasteiger partial charge in [0, 0.05) is 37.2 Å². The van der Waals surface area contributed by atoms with Crippen LogP contribution in [-0.2, 0) is 10.0 Å². The summed E-state index contributed by atoms with van der Waals surface area (Å²) in [5.74, 6) is 0.312. The molecule has 1 saturated heterocycles. The summed E-state index contributed by atoms with van der Waals surface area (Å²) in [7, 11) is -3.51. The molecule has 0 bridgehead atoms. The lowest BCUT2D eigenvalue weighted by Gasteiger charge is -2.27. The normalized spacial score (nSPS) is 15.8. The first-order valence-corrected chi connectivity index (χ1v) is 8.48. The lowest BCUT2D eigenvalue weighted by atomic mass is 10.0. The second-order valence-electron chi connectivity index (χ2n) is 5.53. The highest BCUT2D eigenvalue weighted by atomic mass is 32.2. The van der Waals surface area contributed by atoms with E-state index in [9.17, 15) is 13.2 Å². The lowest BCUT2D eigenvalue weighted by molar-refractivity contribution is 0.0942. The Morgan fingerprint density at radius 3 is 2.38 bits per heavy atom. The second-order valence-corrected chi connectivity index (χ2v) is 7.25. The van der Waals surface area contributed by atoms with Crippen LogP contribution in [0.25, 0.3) is 0 Å². The predicted octanol–water partition coefficient (Wildman–Crippen LogP) is 0.323. The van der Waals surface area contributed by atoms with E-state index in [0.29, 0.717) is 18.0 Å². The molecule has 0 saturated carbocycles. The minimum absolute atomic E-state index is 0.163. The van der Waals surface area contributed by atoms with E-state index < -0.39 is 10.0 Å². The number of hydrogen-bond acceptors (Lipinski definition) is 4. The number of sulfonamides is 1. The SMILES string of the molecule is CC(C)NS(=O)(=O)c1ccc(C(=O)NCC2CNC2)cc1. The molecule has 21 heavy (non-hydrogen) atoms. The maximum absolute atomic E-state index is 12.0. The van der Waals surface area contributed by atoms with E-state index in [1.807, 2.05) is 0 Å². The predicted molar refractivity (Wildman–Crippen MR) is 80.6 cm³/mol. The van der Waals surface area contributed by atoms with Crippen molar-refractivity contribution in [1.82, 2.24) is 15.4 Å². The summed E-state index contributed by atoms with van der Waals surface area (Å²) in [6.07, 6.45) is 0. The molecule has 1 amide bonds. The largest absolute Gasteiger partial charge is 0.352 e. The van der Waals surface area contributed by atoms with Gasteiger partial charge in [-0.25, -0.2) is 13.1 Å². The molecule has 0 aromatic heterocycles. The molecule has 0 radical (unpaired) electrons. The molecule has 0 atom stereocenters. The van der Waals surface area contributed by atoms with Crippen LogP contribution in [0.1, 0.15) is 24.2 Å². The van der Waals surface area contributed by atoms with E-state index in [0.717, 1.165) is 13.1 Å². The average Bonchev–Trinajstić information content (AvgIpc) is 2.35. The highest BCUT2D eigenvalue weighted by molar-refractivity contribution is 7.89. The van der Waals surface area contributed by atoms with Gasteiger partial charge in [-0.3, -0.25) is 4.79 Å². The van der Waals surface area contributed by atoms with Gasteiger partial charge in [0.25, 0.3) is 5.91 Å². The standard InChI is InChI=1S/C14H21N3O3S/c1-10(2)17-21(19,20)13-5-3-12(4-6-13)14(18)16-9-11-7-15-8-11/h3-6,10-11,15,17H,7-9H2,1-2H3,(H,16,18). The third-order valence-electron chi connectivity index (χ3n) is 3.23. The fourth-order valence-electron chi connectivity index (χ4n) is 2.00. The van der Waals surface area contributed by atoms with Crippen molar-refractivity contribution in [2.45, 2.75) is 24.8 Å². The van der Waals surface area contributed by atoms with E-state index in [1.165, 1.54) is 24.3 Å². The van der Waals surface area contributed by atoms with Gasteiger partial charge in [0.05, 0.1) is 4.90 Å². The van der Waals surface area contributed by atoms with Crippen molar-refractivity contribution >= 4 is 15.9 Å². The molecule has 0 aliphatic carbocycles. The van der Waals surface area contributed by atoms with Crippen LogP contribution in [0.4, 0.5) is 0 Å². The number of carbonyl (C=O) groups excluding carboxylic acids is 1. The molecule has 1 heterocycles. The fraction of sp³-hybridized carbons (Fsp3) is 0.500. The van der Waals surface area contributed by atoms with E-state index in [1.54, 1.807) is 13.8 Å². The Hall–Kier alpha value is -1.44. The molecule has 1 aromatic rings. The molecular formula is C14H21N3O3S. The highest BCUT2D eigenvalue weighted by Crippen LogP contribution is 2.11. The Morgan fingerprint density at radius 1 is 1.29 bits per heavy atom. The van der Waals surface area contributed by atoms with E-state index in [2.05, 4.69) is 15.4 Å². The number of carbonyl (C=O) groups is 1. The molecule has 116 valence electrons. The van der Waals surface area contributed by atoms with Crippen molar-refractivity contribution in [3.63, 3.8) is 0 Å². The first kappa shape index (κ1) is 15.9. The second kappa shape index (κ2) is 6.55. The number of nitrogens with one attached hydrogen (secondary N) is 3.